The Labute approximate surface area is 123 Å². The number of rotatable bonds is 4. The third-order valence-electron chi connectivity index (χ3n) is 3.07. The Balaban J connectivity index is 2.18. The number of hydrogen-bond donors (Lipinski definition) is 1. The summed E-state index contributed by atoms with van der Waals surface area (Å²) in [7, 11) is 1.55. The summed E-state index contributed by atoms with van der Waals surface area (Å²) in [5.41, 5.74) is 1.39. The summed E-state index contributed by atoms with van der Waals surface area (Å²) < 4.78 is 5.19. The number of amides is 1. The summed E-state index contributed by atoms with van der Waals surface area (Å²) in [6, 6.07) is 14.4. The maximum absolute atomic E-state index is 12.3. The van der Waals surface area contributed by atoms with E-state index in [0.717, 1.165) is 5.56 Å². The van der Waals surface area contributed by atoms with Crippen molar-refractivity contribution in [3.63, 3.8) is 0 Å². The van der Waals surface area contributed by atoms with Gasteiger partial charge in [-0.25, -0.2) is 0 Å². The van der Waals surface area contributed by atoms with E-state index in [0.29, 0.717) is 16.3 Å². The summed E-state index contributed by atoms with van der Waals surface area (Å²) in [5, 5.41) is 3.56. The average molecular weight is 290 g/mol. The molecule has 104 valence electrons. The van der Waals surface area contributed by atoms with Crippen molar-refractivity contribution >= 4 is 17.5 Å². The van der Waals surface area contributed by atoms with E-state index in [-0.39, 0.29) is 11.9 Å². The van der Waals surface area contributed by atoms with E-state index in [1.54, 1.807) is 25.3 Å². The Bertz CT molecular complexity index is 613. The average Bonchev–Trinajstić information content (AvgIpc) is 2.47. The minimum atomic E-state index is -0.185. The minimum absolute atomic E-state index is 0.180. The van der Waals surface area contributed by atoms with Crippen LogP contribution in [0.4, 0.5) is 0 Å². The number of carbonyl (C=O) groups is 1. The van der Waals surface area contributed by atoms with Gasteiger partial charge in [0.1, 0.15) is 5.75 Å². The van der Waals surface area contributed by atoms with Crippen molar-refractivity contribution in [2.24, 2.45) is 0 Å². The fourth-order valence-corrected chi connectivity index (χ4v) is 2.31. The lowest BCUT2D eigenvalue weighted by molar-refractivity contribution is 0.0937. The molecular weight excluding hydrogens is 274 g/mol. The second-order valence-electron chi connectivity index (χ2n) is 4.42. The first-order valence-electron chi connectivity index (χ1n) is 6.31. The molecule has 4 heteroatoms. The van der Waals surface area contributed by atoms with E-state index in [1.165, 1.54) is 0 Å². The molecule has 1 amide bonds. The highest BCUT2D eigenvalue weighted by molar-refractivity contribution is 6.31. The first kappa shape index (κ1) is 14.4. The lowest BCUT2D eigenvalue weighted by atomic mass is 10.1. The predicted octanol–water partition coefficient (Wildman–Crippen LogP) is 3.84. The molecule has 0 fully saturated rings. The van der Waals surface area contributed by atoms with Crippen LogP contribution >= 0.6 is 11.6 Å². The van der Waals surface area contributed by atoms with Gasteiger partial charge in [0.2, 0.25) is 0 Å². The predicted molar refractivity (Wildman–Crippen MR) is 80.3 cm³/mol. The van der Waals surface area contributed by atoms with Crippen molar-refractivity contribution in [3.8, 4) is 5.75 Å². The quantitative estimate of drug-likeness (QED) is 0.929. The molecule has 1 unspecified atom stereocenters. The molecule has 2 rings (SSSR count). The van der Waals surface area contributed by atoms with Crippen molar-refractivity contribution in [2.75, 3.05) is 7.11 Å². The lowest BCUT2D eigenvalue weighted by Crippen LogP contribution is -2.27. The number of halogens is 1. The SMILES string of the molecule is COc1ccccc1C(=O)NC(C)c1ccccc1Cl. The first-order chi connectivity index (χ1) is 9.63. The molecule has 1 N–H and O–H groups in total. The Hall–Kier alpha value is -2.00. The molecule has 0 aromatic heterocycles. The van der Waals surface area contributed by atoms with Crippen molar-refractivity contribution in [3.05, 3.63) is 64.7 Å². The molecule has 0 aliphatic rings. The van der Waals surface area contributed by atoms with E-state index in [2.05, 4.69) is 5.32 Å². The Morgan fingerprint density at radius 2 is 1.80 bits per heavy atom. The van der Waals surface area contributed by atoms with Crippen LogP contribution in [0.15, 0.2) is 48.5 Å². The van der Waals surface area contributed by atoms with Gasteiger partial charge in [-0.1, -0.05) is 41.9 Å². The third-order valence-corrected chi connectivity index (χ3v) is 3.42. The van der Waals surface area contributed by atoms with Crippen LogP contribution in [-0.4, -0.2) is 13.0 Å². The molecule has 20 heavy (non-hydrogen) atoms. The smallest absolute Gasteiger partial charge is 0.255 e. The standard InChI is InChI=1S/C16H16ClNO2/c1-11(12-7-3-5-9-14(12)17)18-16(19)13-8-4-6-10-15(13)20-2/h3-11H,1-2H3,(H,18,19). The second-order valence-corrected chi connectivity index (χ2v) is 4.82. The Morgan fingerprint density at radius 3 is 2.50 bits per heavy atom. The molecule has 2 aromatic carbocycles. The summed E-state index contributed by atoms with van der Waals surface area (Å²) in [5.74, 6) is 0.367. The normalized spacial score (nSPS) is 11.8. The van der Waals surface area contributed by atoms with E-state index < -0.39 is 0 Å². The summed E-state index contributed by atoms with van der Waals surface area (Å²) in [4.78, 5) is 12.3. The zero-order valence-electron chi connectivity index (χ0n) is 11.4. The second kappa shape index (κ2) is 6.44. The molecule has 1 atom stereocenters. The zero-order valence-corrected chi connectivity index (χ0v) is 12.1. The molecular formula is C16H16ClNO2. The summed E-state index contributed by atoms with van der Waals surface area (Å²) in [6.45, 7) is 1.90. The van der Waals surface area contributed by atoms with Gasteiger partial charge in [-0.2, -0.15) is 0 Å². The monoisotopic (exact) mass is 289 g/mol. The zero-order chi connectivity index (χ0) is 14.5. The summed E-state index contributed by atoms with van der Waals surface area (Å²) in [6.07, 6.45) is 0. The van der Waals surface area contributed by atoms with Gasteiger partial charge in [0, 0.05) is 5.02 Å². The maximum atomic E-state index is 12.3. The fraction of sp³-hybridized carbons (Fsp3) is 0.188. The molecule has 0 bridgehead atoms. The van der Waals surface area contributed by atoms with E-state index in [1.807, 2.05) is 37.3 Å². The van der Waals surface area contributed by atoms with Crippen LogP contribution in [0.2, 0.25) is 5.02 Å². The van der Waals surface area contributed by atoms with Crippen LogP contribution in [0.1, 0.15) is 28.9 Å². The van der Waals surface area contributed by atoms with Gasteiger partial charge in [0.05, 0.1) is 18.7 Å². The van der Waals surface area contributed by atoms with Gasteiger partial charge in [-0.3, -0.25) is 4.79 Å². The van der Waals surface area contributed by atoms with Crippen LogP contribution in [0.3, 0.4) is 0 Å². The maximum Gasteiger partial charge on any atom is 0.255 e. The Morgan fingerprint density at radius 1 is 1.15 bits per heavy atom. The fourth-order valence-electron chi connectivity index (χ4n) is 2.01. The number of benzene rings is 2. The number of nitrogens with one attached hydrogen (secondary N) is 1. The largest absolute Gasteiger partial charge is 0.496 e. The third kappa shape index (κ3) is 3.11. The number of ether oxygens (including phenoxy) is 1. The molecule has 0 spiro atoms. The molecule has 0 radical (unpaired) electrons. The van der Waals surface area contributed by atoms with E-state index >= 15 is 0 Å². The molecule has 0 saturated heterocycles. The number of para-hydroxylation sites is 1. The highest BCUT2D eigenvalue weighted by Crippen LogP contribution is 2.23. The topological polar surface area (TPSA) is 38.3 Å². The Kier molecular flexibility index (Phi) is 4.64. The van der Waals surface area contributed by atoms with Crippen LogP contribution in [0.25, 0.3) is 0 Å². The van der Waals surface area contributed by atoms with Gasteiger partial charge in [-0.15, -0.1) is 0 Å². The number of hydrogen-bond acceptors (Lipinski definition) is 2. The van der Waals surface area contributed by atoms with Crippen molar-refractivity contribution in [1.29, 1.82) is 0 Å². The van der Waals surface area contributed by atoms with E-state index in [4.69, 9.17) is 16.3 Å². The van der Waals surface area contributed by atoms with Gasteiger partial charge in [-0.05, 0) is 30.7 Å². The van der Waals surface area contributed by atoms with Crippen LogP contribution in [0, 0.1) is 0 Å². The van der Waals surface area contributed by atoms with Gasteiger partial charge < -0.3 is 10.1 Å². The first-order valence-corrected chi connectivity index (χ1v) is 6.69. The van der Waals surface area contributed by atoms with Crippen LogP contribution in [0.5, 0.6) is 5.75 Å². The lowest BCUT2D eigenvalue weighted by Gasteiger charge is -2.16. The van der Waals surface area contributed by atoms with Crippen molar-refractivity contribution in [2.45, 2.75) is 13.0 Å². The molecule has 0 aliphatic carbocycles. The number of carbonyl (C=O) groups excluding carboxylic acids is 1. The molecule has 2 aromatic rings. The van der Waals surface area contributed by atoms with Gasteiger partial charge in [0.15, 0.2) is 0 Å². The van der Waals surface area contributed by atoms with Gasteiger partial charge >= 0.3 is 0 Å². The molecule has 0 heterocycles. The van der Waals surface area contributed by atoms with Crippen LogP contribution in [-0.2, 0) is 0 Å². The highest BCUT2D eigenvalue weighted by atomic mass is 35.5. The summed E-state index contributed by atoms with van der Waals surface area (Å²) >= 11 is 6.13. The van der Waals surface area contributed by atoms with E-state index in [9.17, 15) is 4.79 Å². The van der Waals surface area contributed by atoms with Crippen molar-refractivity contribution in [1.82, 2.24) is 5.32 Å². The van der Waals surface area contributed by atoms with Crippen LogP contribution < -0.4 is 10.1 Å². The highest BCUT2D eigenvalue weighted by Gasteiger charge is 2.16. The molecule has 3 nitrogen and oxygen atoms in total. The van der Waals surface area contributed by atoms with Crippen molar-refractivity contribution < 1.29 is 9.53 Å². The number of methoxy groups -OCH3 is 1. The van der Waals surface area contributed by atoms with Gasteiger partial charge in [0.25, 0.3) is 5.91 Å². The minimum Gasteiger partial charge on any atom is -0.496 e. The molecule has 0 aliphatic heterocycles. The molecule has 0 saturated carbocycles.